The first-order chi connectivity index (χ1) is 7.60. The van der Waals surface area contributed by atoms with E-state index in [2.05, 4.69) is 5.10 Å². The van der Waals surface area contributed by atoms with E-state index >= 15 is 0 Å². The van der Waals surface area contributed by atoms with Crippen molar-refractivity contribution in [1.29, 1.82) is 0 Å². The first-order valence-corrected chi connectivity index (χ1v) is 5.02. The predicted octanol–water partition coefficient (Wildman–Crippen LogP) is 2.20. The van der Waals surface area contributed by atoms with E-state index < -0.39 is 0 Å². The van der Waals surface area contributed by atoms with Crippen LogP contribution in [0.25, 0.3) is 5.69 Å². The highest BCUT2D eigenvalue weighted by Crippen LogP contribution is 2.24. The van der Waals surface area contributed by atoms with Crippen LogP contribution < -0.4 is 4.74 Å². The topological polar surface area (TPSA) is 47.3 Å². The molecule has 0 spiro atoms. The molecule has 2 aromatic rings. The molecule has 16 heavy (non-hydrogen) atoms. The average Bonchev–Trinajstić information content (AvgIpc) is 2.57. The van der Waals surface area contributed by atoms with E-state index in [9.17, 15) is 5.11 Å². The lowest BCUT2D eigenvalue weighted by atomic mass is 10.2. The van der Waals surface area contributed by atoms with Gasteiger partial charge in [-0.15, -0.1) is 0 Å². The highest BCUT2D eigenvalue weighted by Gasteiger charge is 2.06. The standard InChI is InChI=1S/C12H14N2O2/c1-8-4-9(2)14(13-8)10-5-11(15)7-12(6-10)16-3/h4-7,15H,1-3H3. The summed E-state index contributed by atoms with van der Waals surface area (Å²) in [4.78, 5) is 0. The van der Waals surface area contributed by atoms with Crippen LogP contribution in [-0.4, -0.2) is 22.0 Å². The van der Waals surface area contributed by atoms with Crippen LogP contribution in [0.5, 0.6) is 11.5 Å². The molecular formula is C12H14N2O2. The summed E-state index contributed by atoms with van der Waals surface area (Å²) in [6, 6.07) is 7.03. The maximum absolute atomic E-state index is 9.56. The highest BCUT2D eigenvalue weighted by atomic mass is 16.5. The molecule has 0 aliphatic carbocycles. The molecule has 84 valence electrons. The maximum Gasteiger partial charge on any atom is 0.124 e. The van der Waals surface area contributed by atoms with Crippen molar-refractivity contribution in [2.24, 2.45) is 0 Å². The third kappa shape index (κ3) is 1.86. The Hall–Kier alpha value is -1.97. The fraction of sp³-hybridized carbons (Fsp3) is 0.250. The second kappa shape index (κ2) is 3.89. The van der Waals surface area contributed by atoms with Crippen LogP contribution in [0.2, 0.25) is 0 Å². The SMILES string of the molecule is COc1cc(O)cc(-n2nc(C)cc2C)c1. The van der Waals surface area contributed by atoms with Gasteiger partial charge in [0.2, 0.25) is 0 Å². The summed E-state index contributed by atoms with van der Waals surface area (Å²) in [5, 5.41) is 13.9. The van der Waals surface area contributed by atoms with Gasteiger partial charge in [0.1, 0.15) is 11.5 Å². The Balaban J connectivity index is 2.55. The lowest BCUT2D eigenvalue weighted by molar-refractivity contribution is 0.407. The summed E-state index contributed by atoms with van der Waals surface area (Å²) in [5.41, 5.74) is 2.76. The molecule has 1 heterocycles. The maximum atomic E-state index is 9.56. The van der Waals surface area contributed by atoms with Gasteiger partial charge in [-0.3, -0.25) is 0 Å². The summed E-state index contributed by atoms with van der Waals surface area (Å²) in [7, 11) is 1.57. The minimum atomic E-state index is 0.168. The van der Waals surface area contributed by atoms with Gasteiger partial charge in [0, 0.05) is 23.9 Å². The van der Waals surface area contributed by atoms with Crippen molar-refractivity contribution in [3.8, 4) is 17.2 Å². The molecule has 0 aliphatic rings. The lowest BCUT2D eigenvalue weighted by Crippen LogP contribution is -1.99. The van der Waals surface area contributed by atoms with Crippen molar-refractivity contribution in [3.63, 3.8) is 0 Å². The van der Waals surface area contributed by atoms with Crippen molar-refractivity contribution in [2.75, 3.05) is 7.11 Å². The minimum absolute atomic E-state index is 0.168. The number of aromatic nitrogens is 2. The van der Waals surface area contributed by atoms with E-state index in [1.165, 1.54) is 0 Å². The molecule has 1 aromatic heterocycles. The molecule has 4 heteroatoms. The van der Waals surface area contributed by atoms with Crippen LogP contribution >= 0.6 is 0 Å². The van der Waals surface area contributed by atoms with E-state index in [1.807, 2.05) is 26.0 Å². The second-order valence-electron chi connectivity index (χ2n) is 3.73. The van der Waals surface area contributed by atoms with Crippen molar-refractivity contribution in [3.05, 3.63) is 35.7 Å². The molecule has 0 unspecified atom stereocenters. The van der Waals surface area contributed by atoms with Gasteiger partial charge in [-0.05, 0) is 19.9 Å². The van der Waals surface area contributed by atoms with Crippen LogP contribution in [0.4, 0.5) is 0 Å². The third-order valence-corrected chi connectivity index (χ3v) is 2.37. The zero-order valence-corrected chi connectivity index (χ0v) is 9.56. The number of phenolic OH excluding ortho intramolecular Hbond substituents is 1. The Morgan fingerprint density at radius 1 is 1.19 bits per heavy atom. The molecule has 0 atom stereocenters. The van der Waals surface area contributed by atoms with E-state index in [4.69, 9.17) is 4.74 Å². The number of nitrogens with zero attached hydrogens (tertiary/aromatic N) is 2. The van der Waals surface area contributed by atoms with E-state index in [-0.39, 0.29) is 5.75 Å². The molecule has 0 bridgehead atoms. The Labute approximate surface area is 94.1 Å². The largest absolute Gasteiger partial charge is 0.508 e. The van der Waals surface area contributed by atoms with Gasteiger partial charge in [-0.25, -0.2) is 4.68 Å². The zero-order chi connectivity index (χ0) is 11.7. The molecule has 0 amide bonds. The van der Waals surface area contributed by atoms with Gasteiger partial charge in [-0.1, -0.05) is 0 Å². The molecule has 0 aliphatic heterocycles. The molecule has 0 radical (unpaired) electrons. The van der Waals surface area contributed by atoms with E-state index in [0.29, 0.717) is 5.75 Å². The number of rotatable bonds is 2. The highest BCUT2D eigenvalue weighted by molar-refractivity contribution is 5.46. The average molecular weight is 218 g/mol. The van der Waals surface area contributed by atoms with Crippen LogP contribution in [0, 0.1) is 13.8 Å². The summed E-state index contributed by atoms with van der Waals surface area (Å²) < 4.78 is 6.88. The fourth-order valence-electron chi connectivity index (χ4n) is 1.70. The minimum Gasteiger partial charge on any atom is -0.508 e. The first kappa shape index (κ1) is 10.5. The smallest absolute Gasteiger partial charge is 0.124 e. The molecule has 0 fully saturated rings. The molecule has 2 rings (SSSR count). The number of hydrogen-bond acceptors (Lipinski definition) is 3. The Kier molecular flexibility index (Phi) is 2.56. The Bertz CT molecular complexity index is 518. The van der Waals surface area contributed by atoms with Crippen molar-refractivity contribution >= 4 is 0 Å². The lowest BCUT2D eigenvalue weighted by Gasteiger charge is -2.07. The predicted molar refractivity (Wildman–Crippen MR) is 61.3 cm³/mol. The number of ether oxygens (including phenoxy) is 1. The van der Waals surface area contributed by atoms with Gasteiger partial charge in [-0.2, -0.15) is 5.10 Å². The third-order valence-electron chi connectivity index (χ3n) is 2.37. The summed E-state index contributed by atoms with van der Waals surface area (Å²) >= 11 is 0. The number of hydrogen-bond donors (Lipinski definition) is 1. The quantitative estimate of drug-likeness (QED) is 0.840. The first-order valence-electron chi connectivity index (χ1n) is 5.02. The number of phenols is 1. The number of methoxy groups -OCH3 is 1. The van der Waals surface area contributed by atoms with Crippen molar-refractivity contribution in [1.82, 2.24) is 9.78 Å². The summed E-state index contributed by atoms with van der Waals surface area (Å²) in [5.74, 6) is 0.782. The molecule has 4 nitrogen and oxygen atoms in total. The fourth-order valence-corrected chi connectivity index (χ4v) is 1.70. The summed E-state index contributed by atoms with van der Waals surface area (Å²) in [6.07, 6.45) is 0. The molecule has 1 aromatic carbocycles. The number of aromatic hydroxyl groups is 1. The molecule has 0 saturated heterocycles. The van der Waals surface area contributed by atoms with Crippen LogP contribution in [0.3, 0.4) is 0 Å². The van der Waals surface area contributed by atoms with Crippen LogP contribution in [0.15, 0.2) is 24.3 Å². The number of benzene rings is 1. The van der Waals surface area contributed by atoms with Gasteiger partial charge < -0.3 is 9.84 Å². The molecule has 0 saturated carbocycles. The Morgan fingerprint density at radius 2 is 1.94 bits per heavy atom. The normalized spacial score (nSPS) is 10.4. The Morgan fingerprint density at radius 3 is 2.50 bits per heavy atom. The van der Waals surface area contributed by atoms with Crippen molar-refractivity contribution in [2.45, 2.75) is 13.8 Å². The summed E-state index contributed by atoms with van der Waals surface area (Å²) in [6.45, 7) is 3.90. The van der Waals surface area contributed by atoms with Gasteiger partial charge in [0.25, 0.3) is 0 Å². The van der Waals surface area contributed by atoms with Gasteiger partial charge >= 0.3 is 0 Å². The van der Waals surface area contributed by atoms with Gasteiger partial charge in [0.05, 0.1) is 18.5 Å². The van der Waals surface area contributed by atoms with Crippen molar-refractivity contribution < 1.29 is 9.84 Å². The van der Waals surface area contributed by atoms with Gasteiger partial charge in [0.15, 0.2) is 0 Å². The van der Waals surface area contributed by atoms with Crippen LogP contribution in [0.1, 0.15) is 11.4 Å². The van der Waals surface area contributed by atoms with Crippen LogP contribution in [-0.2, 0) is 0 Å². The number of aryl methyl sites for hydroxylation is 2. The molecular weight excluding hydrogens is 204 g/mol. The van der Waals surface area contributed by atoms with E-state index in [1.54, 1.807) is 23.9 Å². The van der Waals surface area contributed by atoms with E-state index in [0.717, 1.165) is 17.1 Å². The molecule has 1 N–H and O–H groups in total. The monoisotopic (exact) mass is 218 g/mol. The zero-order valence-electron chi connectivity index (χ0n) is 9.56. The second-order valence-corrected chi connectivity index (χ2v) is 3.73.